The van der Waals surface area contributed by atoms with Gasteiger partial charge in [-0.1, -0.05) is 63.8 Å². The molecule has 0 spiro atoms. The Labute approximate surface area is 155 Å². The molecule has 1 fully saturated rings. The predicted molar refractivity (Wildman–Crippen MR) is 94.6 cm³/mol. The molecule has 1 aromatic carbocycles. The Morgan fingerprint density at radius 1 is 1.09 bits per heavy atom. The van der Waals surface area contributed by atoms with Crippen LogP contribution in [0.2, 0.25) is 0 Å². The first kappa shape index (κ1) is 21.1. The smallest absolute Gasteiger partial charge is 0.0634 e. The minimum atomic E-state index is -0.564. The van der Waals surface area contributed by atoms with Crippen molar-refractivity contribution in [1.82, 2.24) is 0 Å². The van der Waals surface area contributed by atoms with E-state index in [0.29, 0.717) is 6.42 Å². The normalized spacial score (nSPS) is 35.7. The molecule has 6 atom stereocenters. The fourth-order valence-electron chi connectivity index (χ4n) is 3.73. The molecule has 0 bridgehead atoms. The average Bonchev–Trinajstić information content (AvgIpc) is 2.96. The number of halogens is 1. The molecule has 0 saturated heterocycles. The molecule has 132 valence electrons. The molecule has 3 rings (SSSR count). The van der Waals surface area contributed by atoms with E-state index in [0.717, 1.165) is 34.8 Å². The van der Waals surface area contributed by atoms with E-state index in [1.807, 2.05) is 41.6 Å². The maximum atomic E-state index is 9.46. The van der Waals surface area contributed by atoms with Gasteiger partial charge < -0.3 is 16.8 Å². The maximum Gasteiger partial charge on any atom is 0.0634 e. The van der Waals surface area contributed by atoms with Crippen molar-refractivity contribution >= 4 is 9.69 Å². The minimum Gasteiger partial charge on any atom is -0.672 e. The van der Waals surface area contributed by atoms with E-state index in [4.69, 9.17) is 5.73 Å². The van der Waals surface area contributed by atoms with Gasteiger partial charge in [-0.25, -0.2) is 0 Å². The summed E-state index contributed by atoms with van der Waals surface area (Å²) in [5.74, 6) is 5.21. The zero-order valence-corrected chi connectivity index (χ0v) is 17.0. The summed E-state index contributed by atoms with van der Waals surface area (Å²) in [4.78, 5) is 0. The fraction of sp³-hybridized carbons (Fsp3) is 0.632. The van der Waals surface area contributed by atoms with Crippen molar-refractivity contribution in [2.75, 3.05) is 0 Å². The molecule has 0 heterocycles. The molecule has 2 nitrogen and oxygen atoms in total. The topological polar surface area (TPSA) is 44.0 Å². The number of nitrogens with one attached hydrogen (secondary N) is 1. The number of hydrogen-bond acceptors (Lipinski definition) is 1. The molecular weight excluding hydrogens is 397 g/mol. The number of fused-ring (bicyclic) bond motifs is 1. The summed E-state index contributed by atoms with van der Waals surface area (Å²) in [5.41, 5.74) is 9.54. The Kier molecular flexibility index (Phi) is 8.73. The van der Waals surface area contributed by atoms with Gasteiger partial charge in [-0.2, -0.15) is 18.8 Å². The third-order valence-electron chi connectivity index (χ3n) is 6.04. The Bertz CT molecular complexity index is 439. The van der Waals surface area contributed by atoms with Crippen LogP contribution in [-0.4, -0.2) is 11.1 Å². The third-order valence-corrected chi connectivity index (χ3v) is 6.04. The van der Waals surface area contributed by atoms with Crippen LogP contribution < -0.4 is 0 Å². The van der Waals surface area contributed by atoms with Gasteiger partial charge in [-0.3, -0.25) is 0 Å². The number of aliphatic hydroxyl groups excluding tert-OH is 1. The second-order valence-electron chi connectivity index (χ2n) is 6.99. The van der Waals surface area contributed by atoms with Crippen LogP contribution in [0.1, 0.15) is 51.8 Å². The van der Waals surface area contributed by atoms with Crippen LogP contribution >= 0.6 is 9.69 Å². The van der Waals surface area contributed by atoms with Crippen molar-refractivity contribution in [2.45, 2.75) is 53.2 Å². The van der Waals surface area contributed by atoms with Crippen molar-refractivity contribution in [2.24, 2.45) is 23.7 Å². The van der Waals surface area contributed by atoms with Crippen molar-refractivity contribution < 1.29 is 22.4 Å². The van der Waals surface area contributed by atoms with Crippen molar-refractivity contribution in [3.8, 4) is 0 Å². The summed E-state index contributed by atoms with van der Waals surface area (Å²) in [5, 5.41) is 9.46. The molecule has 23 heavy (non-hydrogen) atoms. The zero-order chi connectivity index (χ0) is 17.7. The summed E-state index contributed by atoms with van der Waals surface area (Å²) in [6, 6.07) is 7.37. The molecule has 2 N–H and O–H groups in total. The van der Waals surface area contributed by atoms with Gasteiger partial charge in [0.05, 0.1) is 6.10 Å². The molecule has 6 unspecified atom stereocenters. The Balaban J connectivity index is 0.000000209. The number of benzene rings is 1. The Morgan fingerprint density at radius 2 is 1.57 bits per heavy atom. The van der Waals surface area contributed by atoms with Gasteiger partial charge in [0.2, 0.25) is 0 Å². The number of rotatable bonds is 0. The Hall–Kier alpha value is 0.0534. The first-order valence-corrected chi connectivity index (χ1v) is 10.4. The molecule has 4 heteroatoms. The van der Waals surface area contributed by atoms with E-state index in [1.54, 1.807) is 5.92 Å². The molecule has 2 aliphatic carbocycles. The van der Waals surface area contributed by atoms with Crippen LogP contribution in [0.15, 0.2) is 24.3 Å². The van der Waals surface area contributed by atoms with Crippen LogP contribution in [0.3, 0.4) is 0 Å². The number of aliphatic hydroxyl groups is 1. The monoisotopic (exact) mass is 425 g/mol. The van der Waals surface area contributed by atoms with Gasteiger partial charge in [-0.15, -0.1) is 6.04 Å². The van der Waals surface area contributed by atoms with Crippen LogP contribution in [0, 0.1) is 29.6 Å². The van der Waals surface area contributed by atoms with Crippen molar-refractivity contribution in [1.29, 1.82) is 0 Å². The van der Waals surface area contributed by atoms with Crippen molar-refractivity contribution in [3.05, 3.63) is 47.0 Å². The molecule has 0 radical (unpaired) electrons. The van der Waals surface area contributed by atoms with Gasteiger partial charge in [0.15, 0.2) is 0 Å². The standard InChI is InChI=1S/C10H19.C9H10NO.ClH.Rh/c1-6-7(2)9(4)10(5)8(6)3;10-8-5-6-3-1-2-4-7(6)9(8)11;;/h6-9H,1-5H3;1-4,8-11H,5H2;1H;/q2*-1;;+3/p-1. The van der Waals surface area contributed by atoms with Crippen LogP contribution in [0.5, 0.6) is 0 Å². The van der Waals surface area contributed by atoms with Crippen LogP contribution in [-0.2, 0) is 23.7 Å². The summed E-state index contributed by atoms with van der Waals surface area (Å²) < 4.78 is 0. The number of hydrogen-bond donors (Lipinski definition) is 1. The molecule has 1 aromatic rings. The van der Waals surface area contributed by atoms with Gasteiger partial charge in [0, 0.05) is 0 Å². The molecule has 1 saturated carbocycles. The predicted octanol–water partition coefficient (Wildman–Crippen LogP) is 5.52. The summed E-state index contributed by atoms with van der Waals surface area (Å²) >= 11 is 2.02. The van der Waals surface area contributed by atoms with E-state index in [2.05, 4.69) is 44.3 Å². The van der Waals surface area contributed by atoms with Gasteiger partial charge in [0.25, 0.3) is 0 Å². The summed E-state index contributed by atoms with van der Waals surface area (Å²) in [6.07, 6.45) is 0.128. The fourth-order valence-corrected chi connectivity index (χ4v) is 3.73. The molecule has 2 aliphatic rings. The van der Waals surface area contributed by atoms with Crippen LogP contribution in [0.25, 0.3) is 5.73 Å². The minimum absolute atomic E-state index is 0.354. The van der Waals surface area contributed by atoms with E-state index in [9.17, 15) is 5.11 Å². The molecule has 0 aliphatic heterocycles. The third kappa shape index (κ3) is 4.78. The second-order valence-corrected chi connectivity index (χ2v) is 6.99. The second kappa shape index (κ2) is 9.51. The van der Waals surface area contributed by atoms with E-state index in [-0.39, 0.29) is 6.04 Å². The molecule has 0 aromatic heterocycles. The SMILES string of the molecule is C[C-]1C(C)C(C)C(C)C1C.[Cl][Rh+2].[NH-]C1Cc2ccccc2C1O. The summed E-state index contributed by atoms with van der Waals surface area (Å²) in [6.45, 7) is 11.8. The average molecular weight is 426 g/mol. The quantitative estimate of drug-likeness (QED) is 0.431. The maximum absolute atomic E-state index is 9.46. The Morgan fingerprint density at radius 3 is 1.96 bits per heavy atom. The molecular formula is C19H29ClNORh. The first-order valence-electron chi connectivity index (χ1n) is 8.27. The van der Waals surface area contributed by atoms with Gasteiger partial charge in [0.1, 0.15) is 0 Å². The van der Waals surface area contributed by atoms with Gasteiger partial charge >= 0.3 is 27.0 Å². The zero-order valence-electron chi connectivity index (χ0n) is 14.6. The summed E-state index contributed by atoms with van der Waals surface area (Å²) in [7, 11) is 4.53. The van der Waals surface area contributed by atoms with Gasteiger partial charge in [-0.05, 0) is 17.5 Å². The molecule has 0 amide bonds. The van der Waals surface area contributed by atoms with Crippen molar-refractivity contribution in [3.63, 3.8) is 0 Å². The van der Waals surface area contributed by atoms with E-state index < -0.39 is 6.10 Å². The van der Waals surface area contributed by atoms with E-state index >= 15 is 0 Å². The van der Waals surface area contributed by atoms with E-state index in [1.165, 1.54) is 0 Å². The largest absolute Gasteiger partial charge is 0.672 e. The first-order chi connectivity index (χ1) is 10.8. The van der Waals surface area contributed by atoms with Crippen LogP contribution in [0.4, 0.5) is 0 Å².